The highest BCUT2D eigenvalue weighted by Crippen LogP contribution is 2.30. The molecule has 0 saturated heterocycles. The summed E-state index contributed by atoms with van der Waals surface area (Å²) >= 11 is 1.73. The fourth-order valence-corrected chi connectivity index (χ4v) is 2.96. The lowest BCUT2D eigenvalue weighted by Crippen LogP contribution is -1.93. The molecule has 3 N–H and O–H groups in total. The van der Waals surface area contributed by atoms with E-state index >= 15 is 0 Å². The van der Waals surface area contributed by atoms with Crippen molar-refractivity contribution in [2.45, 2.75) is 0 Å². The third-order valence-electron chi connectivity index (χ3n) is 3.18. The maximum Gasteiger partial charge on any atom is 0.160 e. The molecule has 2 heterocycles. The Hall–Kier alpha value is -2.60. The first-order valence-corrected chi connectivity index (χ1v) is 6.94. The van der Waals surface area contributed by atoms with E-state index in [0.717, 1.165) is 11.4 Å². The maximum absolute atomic E-state index is 5.83. The largest absolute Gasteiger partial charge is 0.397 e. The third kappa shape index (κ3) is 1.70. The van der Waals surface area contributed by atoms with Gasteiger partial charge in [-0.25, -0.2) is 4.63 Å². The summed E-state index contributed by atoms with van der Waals surface area (Å²) in [4.78, 5) is 0. The van der Waals surface area contributed by atoms with Gasteiger partial charge in [-0.15, -0.1) is 11.3 Å². The number of nitrogens with one attached hydrogen (secondary N) is 1. The van der Waals surface area contributed by atoms with E-state index in [0.29, 0.717) is 16.7 Å². The van der Waals surface area contributed by atoms with Crippen LogP contribution in [0.2, 0.25) is 0 Å². The Kier molecular flexibility index (Phi) is 2.37. The van der Waals surface area contributed by atoms with Crippen molar-refractivity contribution in [3.63, 3.8) is 0 Å². The molecular weight excluding hydrogens is 272 g/mol. The minimum Gasteiger partial charge on any atom is -0.397 e. The van der Waals surface area contributed by atoms with Crippen molar-refractivity contribution in [1.82, 2.24) is 10.3 Å². The molecule has 0 bridgehead atoms. The lowest BCUT2D eigenvalue weighted by molar-refractivity contribution is 0.316. The summed E-state index contributed by atoms with van der Waals surface area (Å²) in [5.41, 5.74) is 9.42. The molecule has 4 aromatic rings. The van der Waals surface area contributed by atoms with Gasteiger partial charge in [0.15, 0.2) is 11.0 Å². The number of hydrogen-bond acceptors (Lipinski definition) is 6. The SMILES string of the molecule is Nc1ccc(Nc2ccc3sccc3c2)c2nonc12. The van der Waals surface area contributed by atoms with Crippen LogP contribution in [0.1, 0.15) is 0 Å². The number of fused-ring (bicyclic) bond motifs is 2. The topological polar surface area (TPSA) is 77.0 Å². The second-order valence-corrected chi connectivity index (χ2v) is 5.41. The second kappa shape index (κ2) is 4.21. The molecule has 0 amide bonds. The van der Waals surface area contributed by atoms with Gasteiger partial charge in [0, 0.05) is 10.4 Å². The van der Waals surface area contributed by atoms with Gasteiger partial charge < -0.3 is 11.1 Å². The number of anilines is 3. The summed E-state index contributed by atoms with van der Waals surface area (Å²) in [6.07, 6.45) is 0. The van der Waals surface area contributed by atoms with Gasteiger partial charge in [-0.2, -0.15) is 0 Å². The Morgan fingerprint density at radius 2 is 1.95 bits per heavy atom. The van der Waals surface area contributed by atoms with Gasteiger partial charge in [0.05, 0.1) is 11.4 Å². The molecule has 0 unspecified atom stereocenters. The zero-order chi connectivity index (χ0) is 13.5. The number of benzene rings is 2. The molecule has 6 heteroatoms. The molecule has 0 spiro atoms. The molecule has 2 aromatic heterocycles. The first-order chi connectivity index (χ1) is 9.81. The highest BCUT2D eigenvalue weighted by atomic mass is 32.1. The van der Waals surface area contributed by atoms with Gasteiger partial charge in [-0.05, 0) is 57.5 Å². The van der Waals surface area contributed by atoms with Crippen molar-refractivity contribution in [2.24, 2.45) is 0 Å². The molecule has 0 aliphatic heterocycles. The fraction of sp³-hybridized carbons (Fsp3) is 0. The first kappa shape index (κ1) is 11.2. The van der Waals surface area contributed by atoms with Crippen LogP contribution in [0.15, 0.2) is 46.4 Å². The van der Waals surface area contributed by atoms with E-state index in [-0.39, 0.29) is 0 Å². The predicted octanol–water partition coefficient (Wildman–Crippen LogP) is 3.76. The van der Waals surface area contributed by atoms with E-state index in [1.807, 2.05) is 12.1 Å². The van der Waals surface area contributed by atoms with Gasteiger partial charge >= 0.3 is 0 Å². The van der Waals surface area contributed by atoms with Gasteiger partial charge in [0.25, 0.3) is 0 Å². The maximum atomic E-state index is 5.83. The highest BCUT2D eigenvalue weighted by Gasteiger charge is 2.10. The summed E-state index contributed by atoms with van der Waals surface area (Å²) in [6.45, 7) is 0. The Balaban J connectivity index is 1.80. The minimum atomic E-state index is 0.556. The first-order valence-electron chi connectivity index (χ1n) is 6.06. The van der Waals surface area contributed by atoms with Gasteiger partial charge in [-0.1, -0.05) is 0 Å². The van der Waals surface area contributed by atoms with Crippen LogP contribution in [0.25, 0.3) is 21.1 Å². The Morgan fingerprint density at radius 3 is 2.90 bits per heavy atom. The molecule has 98 valence electrons. The van der Waals surface area contributed by atoms with Crippen LogP contribution in [0.4, 0.5) is 17.1 Å². The number of nitrogens with two attached hydrogens (primary N) is 1. The molecule has 0 fully saturated rings. The van der Waals surface area contributed by atoms with Crippen molar-refractivity contribution >= 4 is 49.5 Å². The number of nitrogen functional groups attached to an aromatic ring is 1. The van der Waals surface area contributed by atoms with Crippen molar-refractivity contribution in [2.75, 3.05) is 11.1 Å². The molecule has 2 aromatic carbocycles. The molecule has 0 saturated carbocycles. The van der Waals surface area contributed by atoms with Crippen LogP contribution in [0, 0.1) is 0 Å². The molecule has 20 heavy (non-hydrogen) atoms. The van der Waals surface area contributed by atoms with Crippen LogP contribution >= 0.6 is 11.3 Å². The zero-order valence-corrected chi connectivity index (χ0v) is 11.1. The lowest BCUT2D eigenvalue weighted by atomic mass is 10.2. The van der Waals surface area contributed by atoms with E-state index in [2.05, 4.69) is 39.2 Å². The number of nitrogens with zero attached hydrogens (tertiary/aromatic N) is 2. The van der Waals surface area contributed by atoms with Crippen LogP contribution in [0.3, 0.4) is 0 Å². The summed E-state index contributed by atoms with van der Waals surface area (Å²) < 4.78 is 6.03. The number of aromatic nitrogens is 2. The van der Waals surface area contributed by atoms with Crippen LogP contribution in [0.5, 0.6) is 0 Å². The fourth-order valence-electron chi connectivity index (χ4n) is 2.19. The van der Waals surface area contributed by atoms with Crippen LogP contribution < -0.4 is 11.1 Å². The zero-order valence-electron chi connectivity index (χ0n) is 10.3. The normalized spacial score (nSPS) is 11.2. The molecule has 4 rings (SSSR count). The monoisotopic (exact) mass is 282 g/mol. The summed E-state index contributed by atoms with van der Waals surface area (Å²) in [5, 5.41) is 14.3. The average molecular weight is 282 g/mol. The Morgan fingerprint density at radius 1 is 1.05 bits per heavy atom. The quantitative estimate of drug-likeness (QED) is 0.547. The molecule has 0 atom stereocenters. The van der Waals surface area contributed by atoms with E-state index in [9.17, 15) is 0 Å². The summed E-state index contributed by atoms with van der Waals surface area (Å²) in [6, 6.07) is 12.0. The second-order valence-electron chi connectivity index (χ2n) is 4.46. The molecule has 0 aliphatic rings. The third-order valence-corrected chi connectivity index (χ3v) is 4.08. The predicted molar refractivity (Wildman–Crippen MR) is 81.3 cm³/mol. The van der Waals surface area contributed by atoms with E-state index in [4.69, 9.17) is 10.4 Å². The number of hydrogen-bond donors (Lipinski definition) is 2. The van der Waals surface area contributed by atoms with E-state index in [1.54, 1.807) is 17.4 Å². The van der Waals surface area contributed by atoms with Crippen LogP contribution in [-0.2, 0) is 0 Å². The van der Waals surface area contributed by atoms with Gasteiger partial charge in [-0.3, -0.25) is 0 Å². The molecule has 0 radical (unpaired) electrons. The van der Waals surface area contributed by atoms with E-state index in [1.165, 1.54) is 10.1 Å². The smallest absolute Gasteiger partial charge is 0.160 e. The van der Waals surface area contributed by atoms with Crippen LogP contribution in [-0.4, -0.2) is 10.3 Å². The highest BCUT2D eigenvalue weighted by molar-refractivity contribution is 7.17. The van der Waals surface area contributed by atoms with Crippen molar-refractivity contribution in [3.05, 3.63) is 41.8 Å². The summed E-state index contributed by atoms with van der Waals surface area (Å²) in [5.74, 6) is 0. The number of rotatable bonds is 2. The average Bonchev–Trinajstić information content (AvgIpc) is 3.10. The number of thiophene rings is 1. The molecular formula is C14H10N4OS. The standard InChI is InChI=1S/C14H10N4OS/c15-10-2-3-11(14-13(10)17-19-18-14)16-9-1-4-12-8(7-9)5-6-20-12/h1-7,16H,15H2. The Bertz CT molecular complexity index is 912. The summed E-state index contributed by atoms with van der Waals surface area (Å²) in [7, 11) is 0. The molecule has 0 aliphatic carbocycles. The Labute approximate surface area is 118 Å². The van der Waals surface area contributed by atoms with Crippen molar-refractivity contribution in [3.8, 4) is 0 Å². The lowest BCUT2D eigenvalue weighted by Gasteiger charge is -2.07. The van der Waals surface area contributed by atoms with E-state index < -0.39 is 0 Å². The van der Waals surface area contributed by atoms with Crippen molar-refractivity contribution in [1.29, 1.82) is 0 Å². The molecule has 5 nitrogen and oxygen atoms in total. The minimum absolute atomic E-state index is 0.556. The van der Waals surface area contributed by atoms with Crippen molar-refractivity contribution < 1.29 is 4.63 Å². The van der Waals surface area contributed by atoms with Gasteiger partial charge in [0.1, 0.15) is 0 Å². The van der Waals surface area contributed by atoms with Gasteiger partial charge in [0.2, 0.25) is 0 Å².